The molecule has 0 saturated carbocycles. The first-order valence-corrected chi connectivity index (χ1v) is 8.38. The van der Waals surface area contributed by atoms with Crippen LogP contribution in [0.5, 0.6) is 0 Å². The molecular weight excluding hydrogens is 340 g/mol. The van der Waals surface area contributed by atoms with Crippen LogP contribution in [0.4, 0.5) is 0 Å². The van der Waals surface area contributed by atoms with Crippen LogP contribution in [0.3, 0.4) is 0 Å². The van der Waals surface area contributed by atoms with Crippen molar-refractivity contribution in [3.63, 3.8) is 0 Å². The van der Waals surface area contributed by atoms with Crippen molar-refractivity contribution in [3.8, 4) is 11.1 Å². The van der Waals surface area contributed by atoms with Crippen molar-refractivity contribution in [2.24, 2.45) is 43.3 Å². The van der Waals surface area contributed by atoms with Gasteiger partial charge >= 0.3 is 0 Å². The van der Waals surface area contributed by atoms with E-state index in [1.807, 2.05) is 26.0 Å². The van der Waals surface area contributed by atoms with Gasteiger partial charge in [0.1, 0.15) is 0 Å². The van der Waals surface area contributed by atoms with Gasteiger partial charge in [0.15, 0.2) is 0 Å². The molecular formula is C19H22N8. The molecule has 0 aliphatic heterocycles. The molecule has 2 aromatic carbocycles. The molecule has 0 spiro atoms. The Balaban J connectivity index is 1.92. The number of hydrogen-bond donors (Lipinski definition) is 4. The number of nitrogens with two attached hydrogens (primary N) is 4. The van der Waals surface area contributed by atoms with E-state index in [4.69, 9.17) is 22.9 Å². The van der Waals surface area contributed by atoms with Crippen molar-refractivity contribution >= 4 is 23.3 Å². The van der Waals surface area contributed by atoms with Crippen molar-refractivity contribution < 1.29 is 0 Å². The van der Waals surface area contributed by atoms with E-state index in [9.17, 15) is 0 Å². The normalized spacial score (nSPS) is 13.0. The van der Waals surface area contributed by atoms with Gasteiger partial charge < -0.3 is 22.9 Å². The third kappa shape index (κ3) is 3.95. The molecule has 0 fully saturated rings. The summed E-state index contributed by atoms with van der Waals surface area (Å²) >= 11 is 0. The van der Waals surface area contributed by atoms with Crippen molar-refractivity contribution in [1.29, 1.82) is 0 Å². The Bertz CT molecular complexity index is 925. The van der Waals surface area contributed by atoms with Gasteiger partial charge in [0, 0.05) is 0 Å². The van der Waals surface area contributed by atoms with Crippen LogP contribution in [0, 0.1) is 0 Å². The van der Waals surface area contributed by atoms with Crippen LogP contribution in [0.1, 0.15) is 36.1 Å². The minimum atomic E-state index is -0.0618. The molecule has 2 aromatic rings. The maximum Gasteiger partial charge on any atom is 0.211 e. The molecule has 0 aromatic heterocycles. The minimum Gasteiger partial charge on any atom is -0.369 e. The number of benzene rings is 2. The molecule has 0 heterocycles. The highest BCUT2D eigenvalue weighted by Gasteiger charge is 2.19. The lowest BCUT2D eigenvalue weighted by Gasteiger charge is -2.05. The number of hydrogen-bond acceptors (Lipinski definition) is 4. The van der Waals surface area contributed by atoms with Gasteiger partial charge in [-0.05, 0) is 65.8 Å². The first kappa shape index (κ1) is 18.1. The fourth-order valence-electron chi connectivity index (χ4n) is 3.04. The third-order valence-electron chi connectivity index (χ3n) is 4.35. The van der Waals surface area contributed by atoms with Gasteiger partial charge in [-0.15, -0.1) is 10.2 Å². The smallest absolute Gasteiger partial charge is 0.211 e. The van der Waals surface area contributed by atoms with E-state index in [2.05, 4.69) is 44.7 Å². The lowest BCUT2D eigenvalue weighted by Crippen LogP contribution is -2.22. The van der Waals surface area contributed by atoms with Crippen molar-refractivity contribution in [3.05, 3.63) is 58.7 Å². The van der Waals surface area contributed by atoms with Gasteiger partial charge in [-0.3, -0.25) is 0 Å². The summed E-state index contributed by atoms with van der Waals surface area (Å²) in [6.45, 7) is 3.75. The molecule has 0 atom stereocenters. The molecule has 0 amide bonds. The molecule has 27 heavy (non-hydrogen) atoms. The second-order valence-electron chi connectivity index (χ2n) is 6.34. The van der Waals surface area contributed by atoms with E-state index in [-0.39, 0.29) is 11.9 Å². The van der Waals surface area contributed by atoms with Crippen LogP contribution in [-0.2, 0) is 6.42 Å². The summed E-state index contributed by atoms with van der Waals surface area (Å²) in [6, 6.07) is 12.5. The molecule has 0 saturated heterocycles. The third-order valence-corrected chi connectivity index (χ3v) is 4.35. The van der Waals surface area contributed by atoms with E-state index in [0.717, 1.165) is 29.0 Å². The van der Waals surface area contributed by atoms with Crippen LogP contribution < -0.4 is 22.9 Å². The quantitative estimate of drug-likeness (QED) is 0.313. The molecule has 1 aliphatic rings. The highest BCUT2D eigenvalue weighted by molar-refractivity contribution is 6.01. The molecule has 8 N–H and O–H groups in total. The number of rotatable bonds is 4. The van der Waals surface area contributed by atoms with Gasteiger partial charge in [-0.25, -0.2) is 0 Å². The van der Waals surface area contributed by atoms with Gasteiger partial charge in [-0.2, -0.15) is 10.2 Å². The van der Waals surface area contributed by atoms with Gasteiger partial charge in [-0.1, -0.05) is 24.3 Å². The Hall–Kier alpha value is -3.68. The lowest BCUT2D eigenvalue weighted by molar-refractivity contribution is 1.19. The Morgan fingerprint density at radius 1 is 0.667 bits per heavy atom. The predicted octanol–water partition coefficient (Wildman–Crippen LogP) is 1.25. The van der Waals surface area contributed by atoms with Gasteiger partial charge in [0.05, 0.1) is 11.4 Å². The van der Waals surface area contributed by atoms with Crippen LogP contribution in [-0.4, -0.2) is 23.3 Å². The molecule has 3 rings (SSSR count). The fourth-order valence-corrected chi connectivity index (χ4v) is 3.04. The van der Waals surface area contributed by atoms with Crippen LogP contribution in [0.15, 0.2) is 56.8 Å². The zero-order chi connectivity index (χ0) is 19.6. The van der Waals surface area contributed by atoms with Crippen LogP contribution in [0.2, 0.25) is 0 Å². The summed E-state index contributed by atoms with van der Waals surface area (Å²) in [5.41, 5.74) is 29.7. The average Bonchev–Trinajstić information content (AvgIpc) is 3.00. The van der Waals surface area contributed by atoms with Crippen LogP contribution in [0.25, 0.3) is 11.1 Å². The molecule has 0 bridgehead atoms. The molecule has 0 unspecified atom stereocenters. The largest absolute Gasteiger partial charge is 0.369 e. The monoisotopic (exact) mass is 362 g/mol. The molecule has 8 heteroatoms. The highest BCUT2D eigenvalue weighted by Crippen LogP contribution is 2.37. The summed E-state index contributed by atoms with van der Waals surface area (Å²) < 4.78 is 0. The topological polar surface area (TPSA) is 154 Å². The first-order chi connectivity index (χ1) is 12.8. The maximum atomic E-state index is 5.33. The summed E-state index contributed by atoms with van der Waals surface area (Å²) in [5, 5.41) is 15.5. The zero-order valence-corrected chi connectivity index (χ0v) is 15.3. The maximum absolute atomic E-state index is 5.33. The minimum absolute atomic E-state index is 0.0618. The summed E-state index contributed by atoms with van der Waals surface area (Å²) in [4.78, 5) is 0. The number of fused-ring (bicyclic) bond motifs is 3. The number of guanidine groups is 2. The van der Waals surface area contributed by atoms with Crippen LogP contribution >= 0.6 is 0 Å². The second kappa shape index (κ2) is 7.28. The molecule has 1 aliphatic carbocycles. The Kier molecular flexibility index (Phi) is 4.89. The average molecular weight is 362 g/mol. The Morgan fingerprint density at radius 3 is 1.44 bits per heavy atom. The molecule has 8 nitrogen and oxygen atoms in total. The number of nitrogens with zero attached hydrogens (tertiary/aromatic N) is 4. The Morgan fingerprint density at radius 2 is 1.07 bits per heavy atom. The molecule has 138 valence electrons. The van der Waals surface area contributed by atoms with Gasteiger partial charge in [0.2, 0.25) is 11.9 Å². The van der Waals surface area contributed by atoms with E-state index >= 15 is 0 Å². The SMILES string of the molecule is C/C(=N\N=C(N)N)c1ccc2c(c1)Cc1cc(/C(C)=N/N=C(N)N)ccc1-2. The summed E-state index contributed by atoms with van der Waals surface area (Å²) in [7, 11) is 0. The first-order valence-electron chi connectivity index (χ1n) is 8.38. The zero-order valence-electron chi connectivity index (χ0n) is 15.3. The summed E-state index contributed by atoms with van der Waals surface area (Å²) in [5.74, 6) is -0.124. The second-order valence-corrected chi connectivity index (χ2v) is 6.34. The Labute approximate surface area is 157 Å². The summed E-state index contributed by atoms with van der Waals surface area (Å²) in [6.07, 6.45) is 0.831. The standard InChI is InChI=1S/C19H22N8/c1-10(24-26-18(20)21)12-3-5-16-14(7-12)9-15-8-13(4-6-17(15)16)11(2)25-27-19(22)23/h3-8H,9H2,1-2H3,(H4,20,21,26)(H4,22,23,27)/b24-10+,25-11+. The highest BCUT2D eigenvalue weighted by atomic mass is 15.3. The van der Waals surface area contributed by atoms with E-state index < -0.39 is 0 Å². The van der Waals surface area contributed by atoms with Gasteiger partial charge in [0.25, 0.3) is 0 Å². The lowest BCUT2D eigenvalue weighted by atomic mass is 10.0. The van der Waals surface area contributed by atoms with E-state index in [1.165, 1.54) is 22.3 Å². The molecule has 0 radical (unpaired) electrons. The van der Waals surface area contributed by atoms with Crippen molar-refractivity contribution in [2.45, 2.75) is 20.3 Å². The fraction of sp³-hybridized carbons (Fsp3) is 0.158. The van der Waals surface area contributed by atoms with Crippen molar-refractivity contribution in [2.75, 3.05) is 0 Å². The van der Waals surface area contributed by atoms with E-state index in [0.29, 0.717) is 0 Å². The van der Waals surface area contributed by atoms with E-state index in [1.54, 1.807) is 0 Å². The predicted molar refractivity (Wildman–Crippen MR) is 111 cm³/mol. The van der Waals surface area contributed by atoms with Crippen molar-refractivity contribution in [1.82, 2.24) is 0 Å².